The van der Waals surface area contributed by atoms with E-state index in [2.05, 4.69) is 21.2 Å². The number of likely N-dealkylation sites (tertiary alicyclic amines) is 1. The molecule has 1 aromatic heterocycles. The van der Waals surface area contributed by atoms with Crippen LogP contribution in [-0.2, 0) is 11.8 Å². The van der Waals surface area contributed by atoms with E-state index in [-0.39, 0.29) is 18.1 Å². The normalized spacial score (nSPS) is 23.7. The van der Waals surface area contributed by atoms with Gasteiger partial charge in [0, 0.05) is 46.0 Å². The number of carbonyl (C=O) groups is 1. The highest BCUT2D eigenvalue weighted by Crippen LogP contribution is 2.31. The molecule has 2 fully saturated rings. The minimum Gasteiger partial charge on any atom is -0.390 e. The van der Waals surface area contributed by atoms with Gasteiger partial charge in [0.2, 0.25) is 0 Å². The number of ether oxygens (including phenoxy) is 1. The highest BCUT2D eigenvalue weighted by atomic mass is 16.5. The van der Waals surface area contributed by atoms with Crippen LogP contribution >= 0.6 is 0 Å². The van der Waals surface area contributed by atoms with E-state index in [0.717, 1.165) is 51.4 Å². The third-order valence-electron chi connectivity index (χ3n) is 5.59. The molecule has 0 bridgehead atoms. The largest absolute Gasteiger partial charge is 0.390 e. The van der Waals surface area contributed by atoms with Gasteiger partial charge in [0.1, 0.15) is 5.69 Å². The first kappa shape index (κ1) is 19.4. The monoisotopic (exact) mass is 364 g/mol. The molecule has 146 valence electrons. The van der Waals surface area contributed by atoms with Gasteiger partial charge in [0.15, 0.2) is 0 Å². The molecule has 0 aliphatic carbocycles. The fourth-order valence-corrected chi connectivity index (χ4v) is 4.17. The number of amides is 1. The summed E-state index contributed by atoms with van der Waals surface area (Å²) in [5.41, 5.74) is 1.84. The van der Waals surface area contributed by atoms with Crippen LogP contribution in [0.4, 0.5) is 0 Å². The number of piperidine rings is 1. The lowest BCUT2D eigenvalue weighted by Crippen LogP contribution is -2.46. The molecular weight excluding hydrogens is 332 g/mol. The van der Waals surface area contributed by atoms with Crippen LogP contribution in [0.15, 0.2) is 12.1 Å². The number of β-amino-alcohol motifs (C(OH)–C–C–N with tert-alkyl or cyclic N) is 1. The Bertz CT molecular complexity index is 598. The summed E-state index contributed by atoms with van der Waals surface area (Å²) >= 11 is 0. The number of morpholine rings is 1. The first-order chi connectivity index (χ1) is 12.6. The molecular formula is C19H32N4O3. The number of hydrogen-bond acceptors (Lipinski definition) is 5. The smallest absolute Gasteiger partial charge is 0.267 e. The number of aliphatic hydroxyl groups is 1. The van der Waals surface area contributed by atoms with E-state index in [1.807, 2.05) is 17.7 Å². The Morgan fingerprint density at radius 3 is 2.77 bits per heavy atom. The second kappa shape index (κ2) is 8.99. The number of aliphatic hydroxyl groups excluding tert-OH is 1. The molecule has 2 saturated heterocycles. The van der Waals surface area contributed by atoms with Crippen LogP contribution in [-0.4, -0.2) is 84.5 Å². The zero-order valence-corrected chi connectivity index (χ0v) is 16.0. The molecule has 3 rings (SSSR count). The zero-order chi connectivity index (χ0) is 18.5. The number of rotatable bonds is 6. The van der Waals surface area contributed by atoms with Crippen molar-refractivity contribution in [2.24, 2.45) is 7.05 Å². The first-order valence-corrected chi connectivity index (χ1v) is 9.70. The fourth-order valence-electron chi connectivity index (χ4n) is 4.17. The Morgan fingerprint density at radius 1 is 1.27 bits per heavy atom. The van der Waals surface area contributed by atoms with Gasteiger partial charge in [-0.2, -0.15) is 0 Å². The molecule has 0 radical (unpaired) electrons. The van der Waals surface area contributed by atoms with Crippen molar-refractivity contribution in [1.29, 1.82) is 0 Å². The van der Waals surface area contributed by atoms with E-state index in [0.29, 0.717) is 18.8 Å². The lowest BCUT2D eigenvalue weighted by molar-refractivity contribution is -0.00103. The molecule has 1 amide bonds. The minimum atomic E-state index is -0.368. The quantitative estimate of drug-likeness (QED) is 0.774. The van der Waals surface area contributed by atoms with Crippen LogP contribution in [0, 0.1) is 0 Å². The lowest BCUT2D eigenvalue weighted by atomic mass is 9.98. The predicted molar refractivity (Wildman–Crippen MR) is 100 cm³/mol. The third kappa shape index (κ3) is 4.46. The number of nitrogens with one attached hydrogen (secondary N) is 1. The molecule has 2 N–H and O–H groups in total. The molecule has 0 unspecified atom stereocenters. The molecule has 0 spiro atoms. The van der Waals surface area contributed by atoms with Gasteiger partial charge in [-0.05, 0) is 31.5 Å². The predicted octanol–water partition coefficient (Wildman–Crippen LogP) is 0.605. The number of nitrogens with zero attached hydrogens (tertiary/aromatic N) is 3. The number of aromatic nitrogens is 1. The standard InChI is InChI=1S/C19H32N4O3/c1-20-19(25)18-7-6-16(21(18)2)17-5-3-4-8-23(17)14-15(24)13-22-9-11-26-12-10-22/h6-7,15,17,24H,3-5,8-14H2,1-2H3,(H,20,25)/t15-,17-/m0/s1. The summed E-state index contributed by atoms with van der Waals surface area (Å²) in [4.78, 5) is 16.7. The third-order valence-corrected chi connectivity index (χ3v) is 5.59. The highest BCUT2D eigenvalue weighted by Gasteiger charge is 2.29. The minimum absolute atomic E-state index is 0.0616. The van der Waals surface area contributed by atoms with E-state index >= 15 is 0 Å². The van der Waals surface area contributed by atoms with Gasteiger partial charge in [-0.3, -0.25) is 14.6 Å². The summed E-state index contributed by atoms with van der Waals surface area (Å²) in [5.74, 6) is -0.0616. The molecule has 26 heavy (non-hydrogen) atoms. The maximum Gasteiger partial charge on any atom is 0.267 e. The van der Waals surface area contributed by atoms with E-state index in [4.69, 9.17) is 4.74 Å². The summed E-state index contributed by atoms with van der Waals surface area (Å²) in [6.07, 6.45) is 3.04. The Labute approximate surface area is 155 Å². The van der Waals surface area contributed by atoms with E-state index in [9.17, 15) is 9.90 Å². The molecule has 7 heteroatoms. The molecule has 3 heterocycles. The highest BCUT2D eigenvalue weighted by molar-refractivity contribution is 5.92. The van der Waals surface area contributed by atoms with Crippen molar-refractivity contribution < 1.29 is 14.6 Å². The van der Waals surface area contributed by atoms with Crippen molar-refractivity contribution in [2.75, 3.05) is 53.0 Å². The molecule has 2 atom stereocenters. The van der Waals surface area contributed by atoms with E-state index < -0.39 is 0 Å². The Balaban J connectivity index is 1.66. The van der Waals surface area contributed by atoms with Crippen molar-refractivity contribution >= 4 is 5.91 Å². The van der Waals surface area contributed by atoms with Gasteiger partial charge in [0.05, 0.1) is 25.4 Å². The topological polar surface area (TPSA) is 70.0 Å². The summed E-state index contributed by atoms with van der Waals surface area (Å²) in [6, 6.07) is 4.21. The van der Waals surface area contributed by atoms with Crippen molar-refractivity contribution in [3.8, 4) is 0 Å². The van der Waals surface area contributed by atoms with Gasteiger partial charge < -0.3 is 19.7 Å². The second-order valence-electron chi connectivity index (χ2n) is 7.35. The van der Waals surface area contributed by atoms with Crippen LogP contribution in [0.25, 0.3) is 0 Å². The summed E-state index contributed by atoms with van der Waals surface area (Å²) in [7, 11) is 3.61. The Hall–Kier alpha value is -1.41. The Kier molecular flexibility index (Phi) is 6.69. The summed E-state index contributed by atoms with van der Waals surface area (Å²) in [6.45, 7) is 5.66. The van der Waals surface area contributed by atoms with E-state index in [1.54, 1.807) is 7.05 Å². The average molecular weight is 364 g/mol. The zero-order valence-electron chi connectivity index (χ0n) is 16.0. The van der Waals surface area contributed by atoms with Crippen molar-refractivity contribution in [2.45, 2.75) is 31.4 Å². The average Bonchev–Trinajstić information content (AvgIpc) is 3.03. The van der Waals surface area contributed by atoms with Crippen LogP contribution in [0.3, 0.4) is 0 Å². The van der Waals surface area contributed by atoms with Crippen molar-refractivity contribution in [3.05, 3.63) is 23.5 Å². The number of carbonyl (C=O) groups excluding carboxylic acids is 1. The molecule has 1 aromatic rings. The van der Waals surface area contributed by atoms with Crippen LogP contribution in [0.2, 0.25) is 0 Å². The molecule has 2 aliphatic heterocycles. The SMILES string of the molecule is CNC(=O)c1ccc([C@@H]2CCCCN2C[C@@H](O)CN2CCOCC2)n1C. The van der Waals surface area contributed by atoms with Gasteiger partial charge in [-0.25, -0.2) is 0 Å². The molecule has 7 nitrogen and oxygen atoms in total. The molecule has 0 saturated carbocycles. The maximum atomic E-state index is 12.0. The Morgan fingerprint density at radius 2 is 2.04 bits per heavy atom. The first-order valence-electron chi connectivity index (χ1n) is 9.70. The maximum absolute atomic E-state index is 12.0. The fraction of sp³-hybridized carbons (Fsp3) is 0.737. The van der Waals surface area contributed by atoms with Gasteiger partial charge in [-0.15, -0.1) is 0 Å². The van der Waals surface area contributed by atoms with Gasteiger partial charge in [-0.1, -0.05) is 6.42 Å². The molecule has 0 aromatic carbocycles. The van der Waals surface area contributed by atoms with Crippen LogP contribution in [0.1, 0.15) is 41.5 Å². The molecule has 2 aliphatic rings. The van der Waals surface area contributed by atoms with Gasteiger partial charge in [0.25, 0.3) is 5.91 Å². The van der Waals surface area contributed by atoms with Crippen molar-refractivity contribution in [3.63, 3.8) is 0 Å². The number of hydrogen-bond donors (Lipinski definition) is 2. The van der Waals surface area contributed by atoms with E-state index in [1.165, 1.54) is 6.42 Å². The lowest BCUT2D eigenvalue weighted by Gasteiger charge is -2.38. The van der Waals surface area contributed by atoms with Gasteiger partial charge >= 0.3 is 0 Å². The van der Waals surface area contributed by atoms with Crippen LogP contribution in [0.5, 0.6) is 0 Å². The van der Waals surface area contributed by atoms with Crippen LogP contribution < -0.4 is 5.32 Å². The second-order valence-corrected chi connectivity index (χ2v) is 7.35. The summed E-state index contributed by atoms with van der Waals surface area (Å²) in [5, 5.41) is 13.3. The summed E-state index contributed by atoms with van der Waals surface area (Å²) < 4.78 is 7.38. The van der Waals surface area contributed by atoms with Crippen molar-refractivity contribution in [1.82, 2.24) is 19.7 Å².